The summed E-state index contributed by atoms with van der Waals surface area (Å²) in [7, 11) is 1.49. The molecule has 6 nitrogen and oxygen atoms in total. The Hall–Kier alpha value is -2.41. The monoisotopic (exact) mass is 320 g/mol. The van der Waals surface area contributed by atoms with Gasteiger partial charge in [-0.3, -0.25) is 4.79 Å². The Labute approximate surface area is 131 Å². The van der Waals surface area contributed by atoms with E-state index in [0.29, 0.717) is 30.0 Å². The van der Waals surface area contributed by atoms with Gasteiger partial charge in [0.1, 0.15) is 5.75 Å². The second kappa shape index (κ2) is 7.04. The Kier molecular flexibility index (Phi) is 5.11. The lowest BCUT2D eigenvalue weighted by atomic mass is 10.1. The number of aromatic carboxylic acids is 1. The van der Waals surface area contributed by atoms with Crippen molar-refractivity contribution in [1.82, 2.24) is 9.69 Å². The van der Waals surface area contributed by atoms with Gasteiger partial charge in [-0.1, -0.05) is 6.07 Å². The fraction of sp³-hybridized carbons (Fsp3) is 0.267. The van der Waals surface area contributed by atoms with E-state index in [0.717, 1.165) is 5.56 Å². The number of nitrogens with zero attached hydrogens (tertiary/aromatic N) is 1. The molecular weight excluding hydrogens is 304 g/mol. The summed E-state index contributed by atoms with van der Waals surface area (Å²) in [4.78, 5) is 22.9. The van der Waals surface area contributed by atoms with Crippen LogP contribution in [0.15, 0.2) is 23.6 Å². The number of hydrogen-bond acceptors (Lipinski definition) is 5. The molecule has 0 fully saturated rings. The van der Waals surface area contributed by atoms with Crippen molar-refractivity contribution in [3.05, 3.63) is 46.0 Å². The molecule has 0 aliphatic rings. The average Bonchev–Trinajstić information content (AvgIpc) is 2.93. The molecule has 0 atom stereocenters. The number of aryl methyl sites for hydroxylation is 1. The highest BCUT2D eigenvalue weighted by Crippen LogP contribution is 2.20. The van der Waals surface area contributed by atoms with Crippen LogP contribution in [0.5, 0.6) is 5.75 Å². The summed E-state index contributed by atoms with van der Waals surface area (Å²) < 4.78 is 9.26. The minimum absolute atomic E-state index is 0.160. The van der Waals surface area contributed by atoms with Crippen LogP contribution in [-0.4, -0.2) is 35.0 Å². The number of carboxylic acid groups (broad SMARTS) is 1. The van der Waals surface area contributed by atoms with Gasteiger partial charge in [0, 0.05) is 11.9 Å². The van der Waals surface area contributed by atoms with Gasteiger partial charge in [-0.15, -0.1) is 0 Å². The molecule has 0 bridgehead atoms. The predicted molar refractivity (Wildman–Crippen MR) is 82.8 cm³/mol. The predicted octanol–water partition coefficient (Wildman–Crippen LogP) is 2.13. The molecule has 7 heteroatoms. The topological polar surface area (TPSA) is 88.5 Å². The van der Waals surface area contributed by atoms with Crippen molar-refractivity contribution >= 4 is 23.4 Å². The van der Waals surface area contributed by atoms with E-state index in [9.17, 15) is 9.59 Å². The van der Waals surface area contributed by atoms with Crippen LogP contribution < -0.4 is 10.1 Å². The number of amides is 1. The highest BCUT2D eigenvalue weighted by molar-refractivity contribution is 7.03. The molecule has 0 aliphatic heterocycles. The maximum atomic E-state index is 12.0. The van der Waals surface area contributed by atoms with Crippen LogP contribution in [0.3, 0.4) is 0 Å². The quantitative estimate of drug-likeness (QED) is 0.851. The fourth-order valence-corrected chi connectivity index (χ4v) is 2.69. The first-order valence-electron chi connectivity index (χ1n) is 6.62. The smallest absolute Gasteiger partial charge is 0.335 e. The summed E-state index contributed by atoms with van der Waals surface area (Å²) in [6.45, 7) is 2.22. The van der Waals surface area contributed by atoms with Crippen LogP contribution in [0, 0.1) is 6.92 Å². The van der Waals surface area contributed by atoms with E-state index in [-0.39, 0.29) is 11.5 Å². The third-order valence-electron chi connectivity index (χ3n) is 3.21. The molecule has 2 rings (SSSR count). The maximum absolute atomic E-state index is 12.0. The van der Waals surface area contributed by atoms with Gasteiger partial charge in [0.2, 0.25) is 0 Å². The van der Waals surface area contributed by atoms with Gasteiger partial charge in [-0.25, -0.2) is 4.79 Å². The molecule has 0 spiro atoms. The van der Waals surface area contributed by atoms with E-state index in [1.54, 1.807) is 18.4 Å². The Morgan fingerprint density at radius 3 is 2.77 bits per heavy atom. The number of hydrogen-bond donors (Lipinski definition) is 2. The first kappa shape index (κ1) is 16.0. The normalized spacial score (nSPS) is 10.3. The van der Waals surface area contributed by atoms with Gasteiger partial charge in [0.15, 0.2) is 0 Å². The zero-order chi connectivity index (χ0) is 16.1. The van der Waals surface area contributed by atoms with Crippen LogP contribution in [-0.2, 0) is 6.42 Å². The molecule has 1 aromatic heterocycles. The van der Waals surface area contributed by atoms with Gasteiger partial charge in [0.25, 0.3) is 5.91 Å². The first-order chi connectivity index (χ1) is 10.5. The van der Waals surface area contributed by atoms with Crippen molar-refractivity contribution in [3.8, 4) is 5.75 Å². The number of aromatic nitrogens is 1. The van der Waals surface area contributed by atoms with E-state index in [1.165, 1.54) is 30.8 Å². The van der Waals surface area contributed by atoms with Crippen LogP contribution in [0.25, 0.3) is 0 Å². The van der Waals surface area contributed by atoms with E-state index < -0.39 is 5.97 Å². The third kappa shape index (κ3) is 3.62. The first-order valence-corrected chi connectivity index (χ1v) is 7.46. The largest absolute Gasteiger partial charge is 0.496 e. The Balaban J connectivity index is 1.98. The molecule has 22 heavy (non-hydrogen) atoms. The Morgan fingerprint density at radius 2 is 2.18 bits per heavy atom. The van der Waals surface area contributed by atoms with Gasteiger partial charge in [-0.05, 0) is 42.6 Å². The lowest BCUT2D eigenvalue weighted by Crippen LogP contribution is -2.26. The second-order valence-corrected chi connectivity index (χ2v) is 5.28. The van der Waals surface area contributed by atoms with Gasteiger partial charge in [0.05, 0.1) is 23.9 Å². The van der Waals surface area contributed by atoms with E-state index in [4.69, 9.17) is 9.84 Å². The Morgan fingerprint density at radius 1 is 1.41 bits per heavy atom. The van der Waals surface area contributed by atoms with E-state index in [2.05, 4.69) is 9.69 Å². The molecule has 1 aromatic carbocycles. The molecule has 1 amide bonds. The molecule has 0 unspecified atom stereocenters. The van der Waals surface area contributed by atoms with Gasteiger partial charge < -0.3 is 15.2 Å². The van der Waals surface area contributed by atoms with Crippen molar-refractivity contribution in [2.24, 2.45) is 0 Å². The number of benzene rings is 1. The lowest BCUT2D eigenvalue weighted by Gasteiger charge is -2.10. The van der Waals surface area contributed by atoms with Gasteiger partial charge >= 0.3 is 5.97 Å². The van der Waals surface area contributed by atoms with Crippen molar-refractivity contribution in [3.63, 3.8) is 0 Å². The highest BCUT2D eigenvalue weighted by atomic mass is 32.1. The molecular formula is C15H16N2O4S. The standard InChI is InChI=1S/C15H16N2O4S/c1-9-12(8-22-17-9)14(18)16-6-5-10-3-4-11(15(19)20)7-13(10)21-2/h3-4,7-8H,5-6H2,1-2H3,(H,16,18)(H,19,20). The van der Waals surface area contributed by atoms with Crippen molar-refractivity contribution in [2.45, 2.75) is 13.3 Å². The molecule has 116 valence electrons. The van der Waals surface area contributed by atoms with Gasteiger partial charge in [-0.2, -0.15) is 4.37 Å². The van der Waals surface area contributed by atoms with Crippen LogP contribution >= 0.6 is 11.5 Å². The number of ether oxygens (including phenoxy) is 1. The summed E-state index contributed by atoms with van der Waals surface area (Å²) in [5.74, 6) is -0.659. The summed E-state index contributed by atoms with van der Waals surface area (Å²) in [6.07, 6.45) is 0.547. The lowest BCUT2D eigenvalue weighted by molar-refractivity contribution is 0.0696. The minimum Gasteiger partial charge on any atom is -0.496 e. The molecule has 0 saturated carbocycles. The number of carboxylic acids is 1. The number of carbonyl (C=O) groups excluding carboxylic acids is 1. The zero-order valence-electron chi connectivity index (χ0n) is 12.3. The van der Waals surface area contributed by atoms with Crippen molar-refractivity contribution in [1.29, 1.82) is 0 Å². The molecule has 2 aromatic rings. The minimum atomic E-state index is -1.00. The fourth-order valence-electron chi connectivity index (χ4n) is 2.00. The zero-order valence-corrected chi connectivity index (χ0v) is 13.1. The number of carbonyl (C=O) groups is 2. The number of rotatable bonds is 6. The summed E-state index contributed by atoms with van der Waals surface area (Å²) in [6, 6.07) is 4.70. The van der Waals surface area contributed by atoms with Crippen LogP contribution in [0.2, 0.25) is 0 Å². The SMILES string of the molecule is COc1cc(C(=O)O)ccc1CCNC(=O)c1csnc1C. The number of methoxy groups -OCH3 is 1. The molecule has 1 heterocycles. The summed E-state index contributed by atoms with van der Waals surface area (Å²) in [5, 5.41) is 13.5. The molecule has 2 N–H and O–H groups in total. The van der Waals surface area contributed by atoms with E-state index >= 15 is 0 Å². The Bertz CT molecular complexity index is 697. The average molecular weight is 320 g/mol. The maximum Gasteiger partial charge on any atom is 0.335 e. The summed E-state index contributed by atoms with van der Waals surface area (Å²) >= 11 is 1.25. The van der Waals surface area contributed by atoms with Crippen LogP contribution in [0.1, 0.15) is 32.0 Å². The summed E-state index contributed by atoms with van der Waals surface area (Å²) in [5.41, 5.74) is 2.31. The highest BCUT2D eigenvalue weighted by Gasteiger charge is 2.12. The third-order valence-corrected chi connectivity index (χ3v) is 3.93. The molecule has 0 radical (unpaired) electrons. The van der Waals surface area contributed by atoms with Crippen molar-refractivity contribution in [2.75, 3.05) is 13.7 Å². The second-order valence-electron chi connectivity index (χ2n) is 4.65. The van der Waals surface area contributed by atoms with E-state index in [1.807, 2.05) is 0 Å². The van der Waals surface area contributed by atoms with Crippen molar-refractivity contribution < 1.29 is 19.4 Å². The molecule has 0 aliphatic carbocycles. The number of nitrogens with one attached hydrogen (secondary N) is 1. The van der Waals surface area contributed by atoms with Crippen LogP contribution in [0.4, 0.5) is 0 Å². The molecule has 0 saturated heterocycles.